The average molecular weight is 277 g/mol. The van der Waals surface area contributed by atoms with E-state index in [-0.39, 0.29) is 11.8 Å². The van der Waals surface area contributed by atoms with E-state index < -0.39 is 5.97 Å². The van der Waals surface area contributed by atoms with Gasteiger partial charge in [-0.25, -0.2) is 0 Å². The highest BCUT2D eigenvalue weighted by Gasteiger charge is 2.12. The first-order valence-corrected chi connectivity index (χ1v) is 7.41. The quantitative estimate of drug-likeness (QED) is 0.712. The van der Waals surface area contributed by atoms with E-state index in [0.29, 0.717) is 0 Å². The number of aliphatic carboxylic acids is 1. The first kappa shape index (κ1) is 16.7. The molecule has 0 aliphatic rings. The number of carboxylic acids is 1. The second-order valence-corrected chi connectivity index (χ2v) is 6.33. The van der Waals surface area contributed by atoms with Crippen LogP contribution in [0.3, 0.4) is 0 Å². The van der Waals surface area contributed by atoms with Crippen LogP contribution in [0.25, 0.3) is 0 Å². The Morgan fingerprint density at radius 1 is 1.10 bits per heavy atom. The number of hydrogen-bond acceptors (Lipinski definition) is 2. The molecule has 0 amide bonds. The lowest BCUT2D eigenvalue weighted by atomic mass is 9.87. The fourth-order valence-electron chi connectivity index (χ4n) is 2.06. The number of benzene rings is 1. The maximum absolute atomic E-state index is 10.4. The van der Waals surface area contributed by atoms with Gasteiger partial charge in [0.05, 0.1) is 0 Å². The average Bonchev–Trinajstić information content (AvgIpc) is 2.37. The van der Waals surface area contributed by atoms with Crippen LogP contribution in [0.2, 0.25) is 0 Å². The van der Waals surface area contributed by atoms with Crippen LogP contribution in [0.1, 0.15) is 57.6 Å². The summed E-state index contributed by atoms with van der Waals surface area (Å²) < 4.78 is 0. The van der Waals surface area contributed by atoms with Crippen molar-refractivity contribution in [3.8, 4) is 0 Å². The maximum atomic E-state index is 10.4. The van der Waals surface area contributed by atoms with Gasteiger partial charge in [0, 0.05) is 13.0 Å². The molecule has 0 aliphatic heterocycles. The first-order valence-electron chi connectivity index (χ1n) is 7.41. The smallest absolute Gasteiger partial charge is 0.303 e. The molecule has 3 heteroatoms. The number of rotatable bonds is 8. The van der Waals surface area contributed by atoms with Crippen LogP contribution in [0.5, 0.6) is 0 Å². The fraction of sp³-hybridized carbons (Fsp3) is 0.588. The third kappa shape index (κ3) is 6.71. The molecule has 0 radical (unpaired) electrons. The van der Waals surface area contributed by atoms with E-state index in [1.165, 1.54) is 11.1 Å². The second-order valence-electron chi connectivity index (χ2n) is 6.33. The van der Waals surface area contributed by atoms with Gasteiger partial charge < -0.3 is 10.4 Å². The Kier molecular flexibility index (Phi) is 6.73. The Balaban J connectivity index is 2.18. The zero-order chi connectivity index (χ0) is 15.0. The van der Waals surface area contributed by atoms with Crippen molar-refractivity contribution in [1.82, 2.24) is 5.32 Å². The highest BCUT2D eigenvalue weighted by molar-refractivity contribution is 5.66. The van der Waals surface area contributed by atoms with Gasteiger partial charge in [-0.15, -0.1) is 0 Å². The molecule has 0 heterocycles. The van der Waals surface area contributed by atoms with Gasteiger partial charge in [-0.3, -0.25) is 4.79 Å². The molecule has 20 heavy (non-hydrogen) atoms. The van der Waals surface area contributed by atoms with E-state index in [4.69, 9.17) is 5.11 Å². The van der Waals surface area contributed by atoms with E-state index in [1.54, 1.807) is 0 Å². The fourth-order valence-corrected chi connectivity index (χ4v) is 2.06. The monoisotopic (exact) mass is 277 g/mol. The van der Waals surface area contributed by atoms with Crippen molar-refractivity contribution in [1.29, 1.82) is 0 Å². The van der Waals surface area contributed by atoms with Crippen LogP contribution in [-0.2, 0) is 16.8 Å². The molecule has 0 aromatic heterocycles. The summed E-state index contributed by atoms with van der Waals surface area (Å²) in [5.74, 6) is -0.697. The molecule has 0 saturated carbocycles. The van der Waals surface area contributed by atoms with E-state index in [0.717, 1.165) is 32.4 Å². The summed E-state index contributed by atoms with van der Waals surface area (Å²) >= 11 is 0. The van der Waals surface area contributed by atoms with Crippen LogP contribution >= 0.6 is 0 Å². The molecule has 2 N–H and O–H groups in total. The number of nitrogens with one attached hydrogen (secondary N) is 1. The van der Waals surface area contributed by atoms with Gasteiger partial charge in [0.1, 0.15) is 0 Å². The maximum Gasteiger partial charge on any atom is 0.303 e. The van der Waals surface area contributed by atoms with Crippen LogP contribution in [-0.4, -0.2) is 17.6 Å². The van der Waals surface area contributed by atoms with Crippen molar-refractivity contribution in [3.05, 3.63) is 35.4 Å². The van der Waals surface area contributed by atoms with Crippen LogP contribution in [0, 0.1) is 0 Å². The number of carboxylic acid groups (broad SMARTS) is 1. The molecule has 3 nitrogen and oxygen atoms in total. The summed E-state index contributed by atoms with van der Waals surface area (Å²) in [4.78, 5) is 10.4. The summed E-state index contributed by atoms with van der Waals surface area (Å²) in [6, 6.07) is 8.75. The normalized spacial score (nSPS) is 11.6. The molecule has 1 aromatic rings. The topological polar surface area (TPSA) is 49.3 Å². The van der Waals surface area contributed by atoms with Crippen molar-refractivity contribution < 1.29 is 9.90 Å². The molecule has 0 atom stereocenters. The molecule has 1 aromatic carbocycles. The van der Waals surface area contributed by atoms with Gasteiger partial charge in [-0.05, 0) is 35.9 Å². The SMILES string of the molecule is CC(C)(C)c1ccc(CNCCCCCC(=O)O)cc1. The molecule has 1 rings (SSSR count). The van der Waals surface area contributed by atoms with E-state index in [9.17, 15) is 4.79 Å². The number of hydrogen-bond donors (Lipinski definition) is 2. The Morgan fingerprint density at radius 3 is 2.30 bits per heavy atom. The minimum absolute atomic E-state index is 0.204. The molecule has 0 unspecified atom stereocenters. The highest BCUT2D eigenvalue weighted by Crippen LogP contribution is 2.22. The summed E-state index contributed by atoms with van der Waals surface area (Å²) in [5, 5.41) is 11.9. The third-order valence-corrected chi connectivity index (χ3v) is 3.39. The third-order valence-electron chi connectivity index (χ3n) is 3.39. The molecule has 0 bridgehead atoms. The Labute approximate surface area is 122 Å². The van der Waals surface area contributed by atoms with Gasteiger partial charge in [-0.1, -0.05) is 51.5 Å². The summed E-state index contributed by atoms with van der Waals surface area (Å²) in [7, 11) is 0. The molecule has 0 aliphatic carbocycles. The van der Waals surface area contributed by atoms with E-state index >= 15 is 0 Å². The lowest BCUT2D eigenvalue weighted by Gasteiger charge is -2.19. The Hall–Kier alpha value is -1.35. The van der Waals surface area contributed by atoms with Crippen molar-refractivity contribution in [2.24, 2.45) is 0 Å². The zero-order valence-electron chi connectivity index (χ0n) is 12.9. The van der Waals surface area contributed by atoms with Crippen LogP contribution in [0.15, 0.2) is 24.3 Å². The molecule has 0 saturated heterocycles. The van der Waals surface area contributed by atoms with Crippen LogP contribution in [0.4, 0.5) is 0 Å². The van der Waals surface area contributed by atoms with E-state index in [1.807, 2.05) is 0 Å². The van der Waals surface area contributed by atoms with E-state index in [2.05, 4.69) is 50.4 Å². The number of unbranched alkanes of at least 4 members (excludes halogenated alkanes) is 2. The van der Waals surface area contributed by atoms with Crippen molar-refractivity contribution in [2.45, 2.75) is 58.4 Å². The van der Waals surface area contributed by atoms with Crippen LogP contribution < -0.4 is 5.32 Å². The van der Waals surface area contributed by atoms with Gasteiger partial charge in [-0.2, -0.15) is 0 Å². The summed E-state index contributed by atoms with van der Waals surface area (Å²) in [5.41, 5.74) is 2.86. The van der Waals surface area contributed by atoms with Crippen molar-refractivity contribution >= 4 is 5.97 Å². The van der Waals surface area contributed by atoms with Gasteiger partial charge in [0.2, 0.25) is 0 Å². The zero-order valence-corrected chi connectivity index (χ0v) is 12.9. The largest absolute Gasteiger partial charge is 0.481 e. The lowest BCUT2D eigenvalue weighted by molar-refractivity contribution is -0.137. The standard InChI is InChI=1S/C17H27NO2/c1-17(2,3)15-10-8-14(9-11-15)13-18-12-6-4-5-7-16(19)20/h8-11,18H,4-7,12-13H2,1-3H3,(H,19,20). The van der Waals surface area contributed by atoms with Crippen molar-refractivity contribution in [2.75, 3.05) is 6.54 Å². The predicted octanol–water partition coefficient (Wildman–Crippen LogP) is 3.72. The molecule has 0 spiro atoms. The minimum atomic E-state index is -0.697. The Bertz CT molecular complexity index is 404. The molecule has 112 valence electrons. The minimum Gasteiger partial charge on any atom is -0.481 e. The Morgan fingerprint density at radius 2 is 1.75 bits per heavy atom. The highest BCUT2D eigenvalue weighted by atomic mass is 16.4. The second kappa shape index (κ2) is 8.05. The molecule has 0 fully saturated rings. The molecular weight excluding hydrogens is 250 g/mol. The first-order chi connectivity index (χ1) is 9.39. The molecular formula is C17H27NO2. The predicted molar refractivity (Wildman–Crippen MR) is 83.0 cm³/mol. The summed E-state index contributed by atoms with van der Waals surface area (Å²) in [6.07, 6.45) is 3.07. The van der Waals surface area contributed by atoms with Gasteiger partial charge in [0.15, 0.2) is 0 Å². The van der Waals surface area contributed by atoms with Gasteiger partial charge in [0.25, 0.3) is 0 Å². The summed E-state index contributed by atoms with van der Waals surface area (Å²) in [6.45, 7) is 8.48. The van der Waals surface area contributed by atoms with Crippen molar-refractivity contribution in [3.63, 3.8) is 0 Å². The number of carbonyl (C=O) groups is 1. The lowest BCUT2D eigenvalue weighted by Crippen LogP contribution is -2.15. The van der Waals surface area contributed by atoms with Gasteiger partial charge >= 0.3 is 5.97 Å².